The normalized spacial score (nSPS) is 15.7. The minimum absolute atomic E-state index is 0.121. The topological polar surface area (TPSA) is 69.9 Å². The number of likely N-dealkylation sites (N-methyl/N-ethyl adjacent to an activating group) is 1. The molecule has 1 aliphatic heterocycles. The Hall–Kier alpha value is -2.93. The van der Waals surface area contributed by atoms with Crippen molar-refractivity contribution in [3.8, 4) is 0 Å². The molecule has 0 saturated carbocycles. The lowest BCUT2D eigenvalue weighted by Gasteiger charge is -2.39. The second-order valence-corrected chi connectivity index (χ2v) is 7.28. The third-order valence-corrected chi connectivity index (χ3v) is 5.55. The van der Waals surface area contributed by atoms with Gasteiger partial charge in [-0.2, -0.15) is 0 Å². The molecule has 0 aliphatic carbocycles. The Labute approximate surface area is 171 Å². The summed E-state index contributed by atoms with van der Waals surface area (Å²) in [5, 5.41) is 11.3. The molecule has 7 heteroatoms. The van der Waals surface area contributed by atoms with E-state index in [9.17, 15) is 14.9 Å². The molecule has 1 fully saturated rings. The monoisotopic (exact) mass is 396 g/mol. The number of nitrogens with zero attached hydrogens (tertiary/aromatic N) is 4. The Bertz CT molecular complexity index is 835. The number of hydrogen-bond donors (Lipinski definition) is 0. The Balaban J connectivity index is 1.61. The number of rotatable bonds is 7. The number of carbonyl (C=O) groups excluding carboxylic acids is 1. The third-order valence-electron chi connectivity index (χ3n) is 5.55. The van der Waals surface area contributed by atoms with E-state index in [1.807, 2.05) is 60.0 Å². The van der Waals surface area contributed by atoms with Gasteiger partial charge in [0.05, 0.1) is 11.0 Å². The van der Waals surface area contributed by atoms with Crippen molar-refractivity contribution in [3.05, 3.63) is 70.3 Å². The maximum atomic E-state index is 13.1. The number of carbonyl (C=O) groups is 1. The lowest BCUT2D eigenvalue weighted by atomic mass is 10.1. The van der Waals surface area contributed by atoms with E-state index in [1.165, 1.54) is 6.07 Å². The predicted octanol–water partition coefficient (Wildman–Crippen LogP) is 3.15. The molecule has 3 rings (SSSR count). The fourth-order valence-corrected chi connectivity index (χ4v) is 3.81. The number of nitro groups is 1. The van der Waals surface area contributed by atoms with E-state index in [4.69, 9.17) is 0 Å². The summed E-state index contributed by atoms with van der Waals surface area (Å²) in [6.07, 6.45) is 0. The van der Waals surface area contributed by atoms with E-state index >= 15 is 0 Å². The lowest BCUT2D eigenvalue weighted by Crippen LogP contribution is -2.54. The van der Waals surface area contributed by atoms with Crippen molar-refractivity contribution in [2.45, 2.75) is 26.4 Å². The van der Waals surface area contributed by atoms with Gasteiger partial charge in [-0.1, -0.05) is 42.5 Å². The molecule has 1 saturated heterocycles. The van der Waals surface area contributed by atoms with Crippen molar-refractivity contribution in [1.29, 1.82) is 0 Å². The number of nitro benzene ring substituents is 1. The summed E-state index contributed by atoms with van der Waals surface area (Å²) < 4.78 is 0. The molecule has 154 valence electrons. The number of para-hydroxylation sites is 2. The maximum absolute atomic E-state index is 13.1. The number of piperazine rings is 1. The van der Waals surface area contributed by atoms with E-state index in [1.54, 1.807) is 12.1 Å². The van der Waals surface area contributed by atoms with Crippen LogP contribution in [0.4, 0.5) is 11.4 Å². The maximum Gasteiger partial charge on any atom is 0.292 e. The first kappa shape index (κ1) is 20.8. The van der Waals surface area contributed by atoms with Gasteiger partial charge in [0.1, 0.15) is 5.69 Å². The molecule has 0 spiro atoms. The fraction of sp³-hybridized carbons (Fsp3) is 0.409. The summed E-state index contributed by atoms with van der Waals surface area (Å²) in [5.41, 5.74) is 1.90. The zero-order valence-electron chi connectivity index (χ0n) is 17.0. The van der Waals surface area contributed by atoms with Crippen molar-refractivity contribution < 1.29 is 9.72 Å². The summed E-state index contributed by atoms with van der Waals surface area (Å²) in [6.45, 7) is 7.94. The first-order chi connectivity index (χ1) is 14.0. The summed E-state index contributed by atoms with van der Waals surface area (Å²) in [6, 6.07) is 16.6. The molecule has 29 heavy (non-hydrogen) atoms. The molecule has 0 N–H and O–H groups in total. The molecule has 1 aliphatic rings. The Morgan fingerprint density at radius 2 is 1.69 bits per heavy atom. The lowest BCUT2D eigenvalue weighted by molar-refractivity contribution is -0.384. The van der Waals surface area contributed by atoms with Crippen molar-refractivity contribution >= 4 is 17.3 Å². The zero-order valence-corrected chi connectivity index (χ0v) is 17.0. The third kappa shape index (κ3) is 4.92. The van der Waals surface area contributed by atoms with Crippen LogP contribution >= 0.6 is 0 Å². The summed E-state index contributed by atoms with van der Waals surface area (Å²) in [5.74, 6) is 0.121. The van der Waals surface area contributed by atoms with Crippen LogP contribution in [0.2, 0.25) is 0 Å². The number of benzene rings is 2. The van der Waals surface area contributed by atoms with Crippen LogP contribution < -0.4 is 4.90 Å². The standard InChI is InChI=1S/C22H28N4O3/c1-3-23(17-19-9-5-4-6-10-19)22(27)18(2)24-13-15-25(16-14-24)20-11-7-8-12-21(20)26(28)29/h4-12,18H,3,13-17H2,1-2H3. The second-order valence-electron chi connectivity index (χ2n) is 7.28. The average molecular weight is 396 g/mol. The smallest absolute Gasteiger partial charge is 0.292 e. The molecule has 7 nitrogen and oxygen atoms in total. The van der Waals surface area contributed by atoms with Crippen LogP contribution in [0.15, 0.2) is 54.6 Å². The first-order valence-electron chi connectivity index (χ1n) is 10.1. The molecule has 1 unspecified atom stereocenters. The van der Waals surface area contributed by atoms with Crippen molar-refractivity contribution in [2.75, 3.05) is 37.6 Å². The Kier molecular flexibility index (Phi) is 6.82. The van der Waals surface area contributed by atoms with E-state index in [0.717, 1.165) is 5.56 Å². The molecular formula is C22H28N4O3. The quantitative estimate of drug-likeness (QED) is 0.531. The SMILES string of the molecule is CCN(Cc1ccccc1)C(=O)C(C)N1CCN(c2ccccc2[N+](=O)[O-])CC1. The van der Waals surface area contributed by atoms with Gasteiger partial charge in [0.2, 0.25) is 5.91 Å². The van der Waals surface area contributed by atoms with Crippen LogP contribution in [0.5, 0.6) is 0 Å². The van der Waals surface area contributed by atoms with Gasteiger partial charge in [0, 0.05) is 45.3 Å². The van der Waals surface area contributed by atoms with Gasteiger partial charge in [-0.15, -0.1) is 0 Å². The highest BCUT2D eigenvalue weighted by Crippen LogP contribution is 2.28. The van der Waals surface area contributed by atoms with Gasteiger partial charge in [-0.05, 0) is 25.5 Å². The van der Waals surface area contributed by atoms with Gasteiger partial charge in [0.15, 0.2) is 0 Å². The highest BCUT2D eigenvalue weighted by atomic mass is 16.6. The highest BCUT2D eigenvalue weighted by molar-refractivity contribution is 5.81. The highest BCUT2D eigenvalue weighted by Gasteiger charge is 2.30. The number of anilines is 1. The van der Waals surface area contributed by atoms with E-state index in [2.05, 4.69) is 4.90 Å². The van der Waals surface area contributed by atoms with Crippen LogP contribution in [-0.2, 0) is 11.3 Å². The van der Waals surface area contributed by atoms with E-state index in [0.29, 0.717) is 45.0 Å². The van der Waals surface area contributed by atoms with Crippen molar-refractivity contribution in [2.24, 2.45) is 0 Å². The molecule has 0 aromatic heterocycles. The molecule has 1 amide bonds. The van der Waals surface area contributed by atoms with Crippen LogP contribution in [0.25, 0.3) is 0 Å². The van der Waals surface area contributed by atoms with Gasteiger partial charge in [-0.3, -0.25) is 19.8 Å². The first-order valence-corrected chi connectivity index (χ1v) is 10.1. The van der Waals surface area contributed by atoms with Crippen LogP contribution in [0, 0.1) is 10.1 Å². The van der Waals surface area contributed by atoms with Gasteiger partial charge in [-0.25, -0.2) is 0 Å². The largest absolute Gasteiger partial charge is 0.363 e. The van der Waals surface area contributed by atoms with Crippen LogP contribution in [0.3, 0.4) is 0 Å². The average Bonchev–Trinajstić information content (AvgIpc) is 2.77. The van der Waals surface area contributed by atoms with Crippen LogP contribution in [0.1, 0.15) is 19.4 Å². The van der Waals surface area contributed by atoms with Crippen molar-refractivity contribution in [3.63, 3.8) is 0 Å². The molecule has 0 bridgehead atoms. The van der Waals surface area contributed by atoms with E-state index in [-0.39, 0.29) is 22.6 Å². The molecule has 2 aromatic carbocycles. The fourth-order valence-electron chi connectivity index (χ4n) is 3.81. The molecule has 1 heterocycles. The molecule has 1 atom stereocenters. The Morgan fingerprint density at radius 3 is 2.31 bits per heavy atom. The van der Waals surface area contributed by atoms with Gasteiger partial charge in [0.25, 0.3) is 5.69 Å². The van der Waals surface area contributed by atoms with Crippen molar-refractivity contribution in [1.82, 2.24) is 9.80 Å². The number of hydrogen-bond acceptors (Lipinski definition) is 5. The minimum atomic E-state index is -0.337. The number of amides is 1. The summed E-state index contributed by atoms with van der Waals surface area (Å²) in [4.78, 5) is 30.1. The summed E-state index contributed by atoms with van der Waals surface area (Å²) in [7, 11) is 0. The van der Waals surface area contributed by atoms with E-state index < -0.39 is 0 Å². The predicted molar refractivity (Wildman–Crippen MR) is 114 cm³/mol. The zero-order chi connectivity index (χ0) is 20.8. The van der Waals surface area contributed by atoms with Gasteiger partial charge < -0.3 is 9.80 Å². The van der Waals surface area contributed by atoms with Crippen LogP contribution in [-0.4, -0.2) is 59.4 Å². The molecule has 0 radical (unpaired) electrons. The van der Waals surface area contributed by atoms with Gasteiger partial charge >= 0.3 is 0 Å². The molecular weight excluding hydrogens is 368 g/mol. The molecule has 2 aromatic rings. The second kappa shape index (κ2) is 9.52. The summed E-state index contributed by atoms with van der Waals surface area (Å²) >= 11 is 0. The minimum Gasteiger partial charge on any atom is -0.363 e. The Morgan fingerprint density at radius 1 is 1.07 bits per heavy atom.